The molecular formula is C14H17NO2. The summed E-state index contributed by atoms with van der Waals surface area (Å²) >= 11 is 0. The van der Waals surface area contributed by atoms with E-state index in [0.29, 0.717) is 13.0 Å². The van der Waals surface area contributed by atoms with Gasteiger partial charge in [0.05, 0.1) is 12.6 Å². The van der Waals surface area contributed by atoms with Crippen molar-refractivity contribution in [1.29, 1.82) is 0 Å². The molecule has 2 aliphatic heterocycles. The van der Waals surface area contributed by atoms with Crippen LogP contribution in [0.25, 0.3) is 0 Å². The minimum Gasteiger partial charge on any atom is -0.381 e. The van der Waals surface area contributed by atoms with Crippen molar-refractivity contribution in [3.05, 3.63) is 35.9 Å². The first-order valence-electron chi connectivity index (χ1n) is 6.29. The molecule has 2 fully saturated rings. The highest BCUT2D eigenvalue weighted by atomic mass is 16.3. The van der Waals surface area contributed by atoms with Crippen molar-refractivity contribution in [2.24, 2.45) is 0 Å². The van der Waals surface area contributed by atoms with Gasteiger partial charge in [-0.15, -0.1) is 0 Å². The van der Waals surface area contributed by atoms with Crippen molar-refractivity contribution in [2.75, 3.05) is 6.54 Å². The number of hydrogen-bond donors (Lipinski definition) is 1. The summed E-state index contributed by atoms with van der Waals surface area (Å²) in [5, 5.41) is 10.7. The monoisotopic (exact) mass is 231 g/mol. The molecule has 0 unspecified atom stereocenters. The standard InChI is InChI=1S/C14H17NO2/c16-13-9-5-4-8-12-14(17,10-15(12)13)11-6-2-1-3-7-11/h1-3,6-7,12,17H,4-5,8-10H2/t12-,14-/m0/s1. The topological polar surface area (TPSA) is 40.5 Å². The van der Waals surface area contributed by atoms with Crippen LogP contribution in [0.4, 0.5) is 0 Å². The van der Waals surface area contributed by atoms with Gasteiger partial charge in [0.2, 0.25) is 5.91 Å². The molecule has 0 radical (unpaired) electrons. The van der Waals surface area contributed by atoms with Crippen LogP contribution in [-0.2, 0) is 10.4 Å². The van der Waals surface area contributed by atoms with E-state index in [4.69, 9.17) is 0 Å². The number of fused-ring (bicyclic) bond motifs is 1. The quantitative estimate of drug-likeness (QED) is 0.798. The van der Waals surface area contributed by atoms with Gasteiger partial charge in [-0.1, -0.05) is 36.8 Å². The van der Waals surface area contributed by atoms with E-state index >= 15 is 0 Å². The molecule has 1 aromatic rings. The molecule has 3 nitrogen and oxygen atoms in total. The second-order valence-corrected chi connectivity index (χ2v) is 5.07. The largest absolute Gasteiger partial charge is 0.381 e. The first kappa shape index (κ1) is 10.8. The minimum atomic E-state index is -0.818. The van der Waals surface area contributed by atoms with Crippen LogP contribution in [0.3, 0.4) is 0 Å². The smallest absolute Gasteiger partial charge is 0.223 e. The maximum Gasteiger partial charge on any atom is 0.223 e. The average molecular weight is 231 g/mol. The van der Waals surface area contributed by atoms with Crippen LogP contribution in [0.2, 0.25) is 0 Å². The predicted octanol–water partition coefficient (Wildman–Crippen LogP) is 1.66. The summed E-state index contributed by atoms with van der Waals surface area (Å²) in [4.78, 5) is 13.7. The first-order valence-corrected chi connectivity index (χ1v) is 6.29. The van der Waals surface area contributed by atoms with Crippen LogP contribution in [0.5, 0.6) is 0 Å². The summed E-state index contributed by atoms with van der Waals surface area (Å²) < 4.78 is 0. The fraction of sp³-hybridized carbons (Fsp3) is 0.500. The highest BCUT2D eigenvalue weighted by Crippen LogP contribution is 2.42. The molecule has 3 rings (SSSR count). The summed E-state index contributed by atoms with van der Waals surface area (Å²) in [5.74, 6) is 0.202. The van der Waals surface area contributed by atoms with Gasteiger partial charge >= 0.3 is 0 Å². The maximum atomic E-state index is 11.8. The van der Waals surface area contributed by atoms with Crippen LogP contribution < -0.4 is 0 Å². The molecule has 0 aliphatic carbocycles. The van der Waals surface area contributed by atoms with E-state index in [1.54, 1.807) is 0 Å². The van der Waals surface area contributed by atoms with Crippen LogP contribution in [0, 0.1) is 0 Å². The van der Waals surface area contributed by atoms with Gasteiger partial charge in [-0.3, -0.25) is 4.79 Å². The number of carbonyl (C=O) groups excluding carboxylic acids is 1. The van der Waals surface area contributed by atoms with Gasteiger partial charge < -0.3 is 10.0 Å². The molecule has 2 heterocycles. The number of nitrogens with zero attached hydrogens (tertiary/aromatic N) is 1. The fourth-order valence-electron chi connectivity index (χ4n) is 3.05. The van der Waals surface area contributed by atoms with Crippen LogP contribution in [0.1, 0.15) is 31.2 Å². The molecule has 2 atom stereocenters. The highest BCUT2D eigenvalue weighted by molar-refractivity contribution is 5.78. The fourth-order valence-corrected chi connectivity index (χ4v) is 3.05. The normalized spacial score (nSPS) is 32.6. The van der Waals surface area contributed by atoms with Crippen LogP contribution in [0.15, 0.2) is 30.3 Å². The van der Waals surface area contributed by atoms with E-state index in [9.17, 15) is 9.90 Å². The Morgan fingerprint density at radius 2 is 2.00 bits per heavy atom. The Balaban J connectivity index is 1.89. The molecule has 1 N–H and O–H groups in total. The number of rotatable bonds is 1. The third kappa shape index (κ3) is 1.57. The van der Waals surface area contributed by atoms with Crippen molar-refractivity contribution in [1.82, 2.24) is 4.90 Å². The SMILES string of the molecule is O=C1CCCC[C@@H]2N1C[C@]2(O)c1ccccc1. The minimum absolute atomic E-state index is 0.0140. The number of aliphatic hydroxyl groups is 1. The average Bonchev–Trinajstić information content (AvgIpc) is 2.50. The van der Waals surface area contributed by atoms with E-state index in [1.807, 2.05) is 35.2 Å². The molecule has 0 spiro atoms. The van der Waals surface area contributed by atoms with Gasteiger partial charge in [-0.05, 0) is 18.4 Å². The van der Waals surface area contributed by atoms with E-state index in [1.165, 1.54) is 0 Å². The zero-order valence-electron chi connectivity index (χ0n) is 9.80. The molecule has 0 bridgehead atoms. The van der Waals surface area contributed by atoms with Gasteiger partial charge in [-0.25, -0.2) is 0 Å². The van der Waals surface area contributed by atoms with Gasteiger partial charge in [0.25, 0.3) is 0 Å². The predicted molar refractivity (Wildman–Crippen MR) is 64.3 cm³/mol. The van der Waals surface area contributed by atoms with Crippen molar-refractivity contribution in [3.8, 4) is 0 Å². The molecule has 2 saturated heterocycles. The Labute approximate surface area is 101 Å². The maximum absolute atomic E-state index is 11.8. The molecule has 90 valence electrons. The third-order valence-corrected chi connectivity index (χ3v) is 4.05. The van der Waals surface area contributed by atoms with E-state index in [2.05, 4.69) is 0 Å². The van der Waals surface area contributed by atoms with Crippen molar-refractivity contribution < 1.29 is 9.90 Å². The van der Waals surface area contributed by atoms with Crippen molar-refractivity contribution in [2.45, 2.75) is 37.3 Å². The molecule has 0 aromatic heterocycles. The number of benzene rings is 1. The van der Waals surface area contributed by atoms with Gasteiger partial charge in [-0.2, -0.15) is 0 Å². The molecule has 2 aliphatic rings. The third-order valence-electron chi connectivity index (χ3n) is 4.05. The van der Waals surface area contributed by atoms with Crippen LogP contribution in [-0.4, -0.2) is 28.5 Å². The highest BCUT2D eigenvalue weighted by Gasteiger charge is 2.54. The number of amides is 1. The lowest BCUT2D eigenvalue weighted by molar-refractivity contribution is -0.179. The lowest BCUT2D eigenvalue weighted by Gasteiger charge is -2.54. The second-order valence-electron chi connectivity index (χ2n) is 5.07. The van der Waals surface area contributed by atoms with E-state index in [0.717, 1.165) is 24.8 Å². The van der Waals surface area contributed by atoms with Gasteiger partial charge in [0.1, 0.15) is 5.60 Å². The zero-order chi connectivity index (χ0) is 11.9. The Hall–Kier alpha value is -1.35. The molecule has 1 aromatic carbocycles. The summed E-state index contributed by atoms with van der Waals surface area (Å²) in [7, 11) is 0. The molecule has 1 amide bonds. The number of hydrogen-bond acceptors (Lipinski definition) is 2. The summed E-state index contributed by atoms with van der Waals surface area (Å²) in [6, 6.07) is 9.71. The lowest BCUT2D eigenvalue weighted by Crippen LogP contribution is -2.68. The van der Waals surface area contributed by atoms with Crippen molar-refractivity contribution >= 4 is 5.91 Å². The first-order chi connectivity index (χ1) is 8.22. The van der Waals surface area contributed by atoms with E-state index in [-0.39, 0.29) is 11.9 Å². The molecular weight excluding hydrogens is 214 g/mol. The van der Waals surface area contributed by atoms with Gasteiger partial charge in [0, 0.05) is 6.42 Å². The van der Waals surface area contributed by atoms with Crippen molar-refractivity contribution in [3.63, 3.8) is 0 Å². The Kier molecular flexibility index (Phi) is 2.44. The Bertz CT molecular complexity index is 431. The lowest BCUT2D eigenvalue weighted by atomic mass is 9.76. The molecule has 3 heteroatoms. The Morgan fingerprint density at radius 1 is 1.24 bits per heavy atom. The Morgan fingerprint density at radius 3 is 2.76 bits per heavy atom. The summed E-state index contributed by atoms with van der Waals surface area (Å²) in [5.41, 5.74) is 0.123. The number of carbonyl (C=O) groups is 1. The zero-order valence-corrected chi connectivity index (χ0v) is 9.80. The molecule has 0 saturated carbocycles. The summed E-state index contributed by atoms with van der Waals surface area (Å²) in [6.45, 7) is 0.459. The van der Waals surface area contributed by atoms with Gasteiger partial charge in [0.15, 0.2) is 0 Å². The summed E-state index contributed by atoms with van der Waals surface area (Å²) in [6.07, 6.45) is 3.54. The second kappa shape index (κ2) is 3.84. The van der Waals surface area contributed by atoms with E-state index < -0.39 is 5.60 Å². The molecule has 17 heavy (non-hydrogen) atoms. The van der Waals surface area contributed by atoms with Crippen LogP contribution >= 0.6 is 0 Å².